The normalized spacial score (nSPS) is 24.0. The molecule has 2 aliphatic rings. The third kappa shape index (κ3) is 4.05. The number of nitrogens with zero attached hydrogens (tertiary/aromatic N) is 3. The van der Waals surface area contributed by atoms with Crippen LogP contribution in [0.5, 0.6) is 0 Å². The Labute approximate surface area is 132 Å². The zero-order valence-electron chi connectivity index (χ0n) is 13.1. The van der Waals surface area contributed by atoms with E-state index in [-0.39, 0.29) is 12.0 Å². The van der Waals surface area contributed by atoms with Crippen LogP contribution in [0.4, 0.5) is 0 Å². The Morgan fingerprint density at radius 3 is 2.77 bits per heavy atom. The first kappa shape index (κ1) is 15.4. The van der Waals surface area contributed by atoms with Gasteiger partial charge in [0.25, 0.3) is 5.91 Å². The number of amides is 1. The van der Waals surface area contributed by atoms with Crippen molar-refractivity contribution in [2.75, 3.05) is 32.8 Å². The summed E-state index contributed by atoms with van der Waals surface area (Å²) in [5, 5.41) is 0. The standard InChI is InChI=1S/C17H25N3O2/c21-17(16-4-1-2-13-22-16)20-10-3-9-19(11-12-20)14-15-5-7-18-8-6-15/h5-8,16H,1-4,9-14H2/t16-/m0/s1. The lowest BCUT2D eigenvalue weighted by molar-refractivity contribution is -0.146. The number of hydrogen-bond donors (Lipinski definition) is 0. The molecule has 0 unspecified atom stereocenters. The van der Waals surface area contributed by atoms with Gasteiger partial charge in [-0.25, -0.2) is 0 Å². The highest BCUT2D eigenvalue weighted by atomic mass is 16.5. The Morgan fingerprint density at radius 2 is 2.00 bits per heavy atom. The molecule has 2 fully saturated rings. The molecule has 0 N–H and O–H groups in total. The van der Waals surface area contributed by atoms with Gasteiger partial charge in [-0.2, -0.15) is 0 Å². The van der Waals surface area contributed by atoms with Crippen LogP contribution in [-0.4, -0.2) is 59.6 Å². The van der Waals surface area contributed by atoms with Crippen LogP contribution in [-0.2, 0) is 16.1 Å². The van der Waals surface area contributed by atoms with E-state index in [9.17, 15) is 4.79 Å². The van der Waals surface area contributed by atoms with E-state index < -0.39 is 0 Å². The van der Waals surface area contributed by atoms with E-state index in [2.05, 4.69) is 22.0 Å². The molecule has 0 spiro atoms. The van der Waals surface area contributed by atoms with E-state index in [1.54, 1.807) is 0 Å². The molecule has 5 nitrogen and oxygen atoms in total. The zero-order chi connectivity index (χ0) is 15.2. The number of carbonyl (C=O) groups is 1. The molecule has 5 heteroatoms. The molecule has 0 bridgehead atoms. The van der Waals surface area contributed by atoms with Crippen LogP contribution >= 0.6 is 0 Å². The van der Waals surface area contributed by atoms with Crippen molar-refractivity contribution in [3.8, 4) is 0 Å². The van der Waals surface area contributed by atoms with Crippen LogP contribution in [0.25, 0.3) is 0 Å². The molecular formula is C17H25N3O2. The first-order valence-corrected chi connectivity index (χ1v) is 8.34. The van der Waals surface area contributed by atoms with Crippen molar-refractivity contribution in [1.29, 1.82) is 0 Å². The quantitative estimate of drug-likeness (QED) is 0.852. The fourth-order valence-corrected chi connectivity index (χ4v) is 3.23. The minimum Gasteiger partial charge on any atom is -0.368 e. The monoisotopic (exact) mass is 303 g/mol. The van der Waals surface area contributed by atoms with Crippen molar-refractivity contribution in [2.24, 2.45) is 0 Å². The Balaban J connectivity index is 1.52. The predicted molar refractivity (Wildman–Crippen MR) is 84.3 cm³/mol. The van der Waals surface area contributed by atoms with E-state index in [4.69, 9.17) is 4.74 Å². The summed E-state index contributed by atoms with van der Waals surface area (Å²) >= 11 is 0. The lowest BCUT2D eigenvalue weighted by atomic mass is 10.1. The van der Waals surface area contributed by atoms with Gasteiger partial charge in [0.2, 0.25) is 0 Å². The maximum atomic E-state index is 12.5. The van der Waals surface area contributed by atoms with Gasteiger partial charge in [-0.05, 0) is 43.4 Å². The van der Waals surface area contributed by atoms with Gasteiger partial charge < -0.3 is 9.64 Å². The summed E-state index contributed by atoms with van der Waals surface area (Å²) in [6.45, 7) is 5.30. The Kier molecular flexibility index (Phi) is 5.40. The van der Waals surface area contributed by atoms with Gasteiger partial charge in [-0.15, -0.1) is 0 Å². The van der Waals surface area contributed by atoms with Crippen molar-refractivity contribution >= 4 is 5.91 Å². The smallest absolute Gasteiger partial charge is 0.251 e. The van der Waals surface area contributed by atoms with Crippen LogP contribution in [0.15, 0.2) is 24.5 Å². The molecule has 1 aromatic rings. The SMILES string of the molecule is O=C([C@@H]1CCCCO1)N1CCCN(Cc2ccncc2)CC1. The fourth-order valence-electron chi connectivity index (χ4n) is 3.23. The first-order valence-electron chi connectivity index (χ1n) is 8.34. The summed E-state index contributed by atoms with van der Waals surface area (Å²) in [7, 11) is 0. The summed E-state index contributed by atoms with van der Waals surface area (Å²) in [5.41, 5.74) is 1.28. The van der Waals surface area contributed by atoms with E-state index in [1.165, 1.54) is 5.56 Å². The summed E-state index contributed by atoms with van der Waals surface area (Å²) < 4.78 is 5.64. The highest BCUT2D eigenvalue weighted by molar-refractivity contribution is 5.81. The molecular weight excluding hydrogens is 278 g/mol. The Hall–Kier alpha value is -1.46. The average Bonchev–Trinajstić information content (AvgIpc) is 2.82. The van der Waals surface area contributed by atoms with E-state index in [0.717, 1.165) is 65.0 Å². The second kappa shape index (κ2) is 7.70. The maximum Gasteiger partial charge on any atom is 0.251 e. The number of rotatable bonds is 3. The molecule has 0 saturated carbocycles. The number of carbonyl (C=O) groups excluding carboxylic acids is 1. The second-order valence-electron chi connectivity index (χ2n) is 6.17. The summed E-state index contributed by atoms with van der Waals surface area (Å²) in [5.74, 6) is 0.200. The first-order chi connectivity index (χ1) is 10.8. The van der Waals surface area contributed by atoms with Crippen molar-refractivity contribution in [2.45, 2.75) is 38.3 Å². The molecule has 3 rings (SSSR count). The molecule has 22 heavy (non-hydrogen) atoms. The number of ether oxygens (including phenoxy) is 1. The van der Waals surface area contributed by atoms with Crippen molar-refractivity contribution < 1.29 is 9.53 Å². The van der Waals surface area contributed by atoms with Gasteiger partial charge in [-0.3, -0.25) is 14.7 Å². The van der Waals surface area contributed by atoms with Crippen LogP contribution in [0.3, 0.4) is 0 Å². The highest BCUT2D eigenvalue weighted by Gasteiger charge is 2.28. The van der Waals surface area contributed by atoms with Gasteiger partial charge in [-0.1, -0.05) is 0 Å². The molecule has 3 heterocycles. The molecule has 1 amide bonds. The molecule has 2 saturated heterocycles. The van der Waals surface area contributed by atoms with Gasteiger partial charge >= 0.3 is 0 Å². The minimum absolute atomic E-state index is 0.194. The maximum absolute atomic E-state index is 12.5. The average molecular weight is 303 g/mol. The van der Waals surface area contributed by atoms with Crippen LogP contribution < -0.4 is 0 Å². The molecule has 1 aromatic heterocycles. The lowest BCUT2D eigenvalue weighted by Crippen LogP contribution is -2.43. The van der Waals surface area contributed by atoms with E-state index in [1.807, 2.05) is 17.3 Å². The van der Waals surface area contributed by atoms with Crippen LogP contribution in [0.2, 0.25) is 0 Å². The molecule has 120 valence electrons. The van der Waals surface area contributed by atoms with Crippen molar-refractivity contribution in [1.82, 2.24) is 14.8 Å². The minimum atomic E-state index is -0.194. The van der Waals surface area contributed by atoms with E-state index in [0.29, 0.717) is 0 Å². The highest BCUT2D eigenvalue weighted by Crippen LogP contribution is 2.16. The van der Waals surface area contributed by atoms with Gasteiger partial charge in [0.15, 0.2) is 0 Å². The van der Waals surface area contributed by atoms with Gasteiger partial charge in [0.1, 0.15) is 6.10 Å². The number of aromatic nitrogens is 1. The molecule has 1 atom stereocenters. The van der Waals surface area contributed by atoms with Crippen LogP contribution in [0.1, 0.15) is 31.2 Å². The predicted octanol–water partition coefficient (Wildman–Crippen LogP) is 1.68. The largest absolute Gasteiger partial charge is 0.368 e. The molecule has 0 radical (unpaired) electrons. The summed E-state index contributed by atoms with van der Waals surface area (Å²) in [6.07, 6.45) is 7.59. The lowest BCUT2D eigenvalue weighted by Gasteiger charge is -2.28. The number of hydrogen-bond acceptors (Lipinski definition) is 4. The Bertz CT molecular complexity index is 474. The summed E-state index contributed by atoms with van der Waals surface area (Å²) in [4.78, 5) is 21.0. The van der Waals surface area contributed by atoms with Crippen molar-refractivity contribution in [3.63, 3.8) is 0 Å². The third-order valence-corrected chi connectivity index (χ3v) is 4.51. The van der Waals surface area contributed by atoms with Crippen molar-refractivity contribution in [3.05, 3.63) is 30.1 Å². The Morgan fingerprint density at radius 1 is 1.14 bits per heavy atom. The second-order valence-corrected chi connectivity index (χ2v) is 6.17. The summed E-state index contributed by atoms with van der Waals surface area (Å²) in [6, 6.07) is 4.12. The van der Waals surface area contributed by atoms with Gasteiger partial charge in [0.05, 0.1) is 0 Å². The van der Waals surface area contributed by atoms with E-state index >= 15 is 0 Å². The van der Waals surface area contributed by atoms with Gasteiger partial charge in [0, 0.05) is 51.7 Å². The molecule has 0 aromatic carbocycles. The zero-order valence-corrected chi connectivity index (χ0v) is 13.1. The molecule has 2 aliphatic heterocycles. The topological polar surface area (TPSA) is 45.7 Å². The number of pyridine rings is 1. The van der Waals surface area contributed by atoms with Crippen LogP contribution in [0, 0.1) is 0 Å². The third-order valence-electron chi connectivity index (χ3n) is 4.51. The molecule has 0 aliphatic carbocycles. The fraction of sp³-hybridized carbons (Fsp3) is 0.647.